The van der Waals surface area contributed by atoms with Gasteiger partial charge < -0.3 is 24.1 Å². The van der Waals surface area contributed by atoms with Crippen LogP contribution in [0, 0.1) is 12.8 Å². The number of carbonyl (C=O) groups excluding carboxylic acids is 1. The number of amides is 2. The van der Waals surface area contributed by atoms with E-state index in [9.17, 15) is 4.79 Å². The fraction of sp³-hybridized carbons (Fsp3) is 0.737. The van der Waals surface area contributed by atoms with Crippen LogP contribution in [-0.2, 0) is 9.47 Å². The van der Waals surface area contributed by atoms with Crippen molar-refractivity contribution >= 4 is 6.03 Å². The molecule has 2 aliphatic heterocycles. The monoisotopic (exact) mass is 363 g/mol. The van der Waals surface area contributed by atoms with Crippen molar-refractivity contribution in [3.05, 3.63) is 23.7 Å². The first-order chi connectivity index (χ1) is 12.7. The molecule has 0 bridgehead atoms. The number of morpholine rings is 2. The van der Waals surface area contributed by atoms with Gasteiger partial charge in [0.1, 0.15) is 11.5 Å². The third kappa shape index (κ3) is 4.05. The minimum absolute atomic E-state index is 0.0201. The minimum Gasteiger partial charge on any atom is -0.465 e. The lowest BCUT2D eigenvalue weighted by Crippen LogP contribution is -2.54. The number of aryl methyl sites for hydroxylation is 1. The number of furan rings is 1. The molecule has 1 saturated carbocycles. The van der Waals surface area contributed by atoms with Crippen molar-refractivity contribution in [1.82, 2.24) is 15.1 Å². The summed E-state index contributed by atoms with van der Waals surface area (Å²) in [5, 5.41) is 3.16. The highest BCUT2D eigenvalue weighted by atomic mass is 16.5. The molecular formula is C19H29N3O4. The first-order valence-electron chi connectivity index (χ1n) is 9.72. The summed E-state index contributed by atoms with van der Waals surface area (Å²) in [6, 6.07) is 4.29. The molecule has 4 rings (SSSR count). The zero-order chi connectivity index (χ0) is 17.9. The lowest BCUT2D eigenvalue weighted by Gasteiger charge is -2.37. The van der Waals surface area contributed by atoms with Crippen molar-refractivity contribution in [2.24, 2.45) is 5.92 Å². The molecule has 3 fully saturated rings. The van der Waals surface area contributed by atoms with E-state index in [1.807, 2.05) is 24.0 Å². The number of ether oxygens (including phenoxy) is 2. The standard InChI is InChI=1S/C19H29N3O4/c1-14-2-5-18(26-14)16(21-6-9-24-10-7-21)12-20-19(23)22-8-11-25-13-17(22)15-3-4-15/h2,5,15-17H,3-4,6-13H2,1H3,(H,20,23). The second-order valence-electron chi connectivity index (χ2n) is 7.47. The van der Waals surface area contributed by atoms with Crippen LogP contribution in [0.5, 0.6) is 0 Å². The van der Waals surface area contributed by atoms with Gasteiger partial charge in [0.15, 0.2) is 0 Å². The highest BCUT2D eigenvalue weighted by Gasteiger charge is 2.39. The molecule has 3 heterocycles. The van der Waals surface area contributed by atoms with E-state index in [1.165, 1.54) is 12.8 Å². The Balaban J connectivity index is 1.41. The van der Waals surface area contributed by atoms with Crippen LogP contribution in [0.15, 0.2) is 16.5 Å². The van der Waals surface area contributed by atoms with Gasteiger partial charge >= 0.3 is 6.03 Å². The summed E-state index contributed by atoms with van der Waals surface area (Å²) in [5.74, 6) is 2.42. The summed E-state index contributed by atoms with van der Waals surface area (Å²) in [4.78, 5) is 17.2. The van der Waals surface area contributed by atoms with Gasteiger partial charge in [0.25, 0.3) is 0 Å². The second kappa shape index (κ2) is 7.98. The molecule has 1 aliphatic carbocycles. The Labute approximate surface area is 154 Å². The topological polar surface area (TPSA) is 67.2 Å². The quantitative estimate of drug-likeness (QED) is 0.864. The first-order valence-corrected chi connectivity index (χ1v) is 9.72. The molecular weight excluding hydrogens is 334 g/mol. The third-order valence-electron chi connectivity index (χ3n) is 5.62. The van der Waals surface area contributed by atoms with Crippen molar-refractivity contribution in [3.63, 3.8) is 0 Å². The molecule has 144 valence electrons. The fourth-order valence-corrected chi connectivity index (χ4v) is 3.96. The van der Waals surface area contributed by atoms with Crippen molar-refractivity contribution in [2.75, 3.05) is 52.6 Å². The molecule has 0 spiro atoms. The molecule has 1 aromatic heterocycles. The normalized spacial score (nSPS) is 25.9. The van der Waals surface area contributed by atoms with Gasteiger partial charge in [0, 0.05) is 26.2 Å². The van der Waals surface area contributed by atoms with E-state index in [0.29, 0.717) is 32.2 Å². The van der Waals surface area contributed by atoms with Gasteiger partial charge in [0.05, 0.1) is 38.5 Å². The molecule has 2 atom stereocenters. The minimum atomic E-state index is 0.0201. The number of nitrogens with one attached hydrogen (secondary N) is 1. The molecule has 1 aromatic rings. The highest BCUT2D eigenvalue weighted by molar-refractivity contribution is 5.74. The zero-order valence-electron chi connectivity index (χ0n) is 15.5. The van der Waals surface area contributed by atoms with Gasteiger partial charge in [-0.15, -0.1) is 0 Å². The summed E-state index contributed by atoms with van der Waals surface area (Å²) in [5.41, 5.74) is 0. The smallest absolute Gasteiger partial charge is 0.317 e. The molecule has 0 aromatic carbocycles. The van der Waals surface area contributed by atoms with Gasteiger partial charge in [-0.3, -0.25) is 4.90 Å². The first kappa shape index (κ1) is 17.8. The molecule has 2 unspecified atom stereocenters. The van der Waals surface area contributed by atoms with E-state index in [4.69, 9.17) is 13.9 Å². The highest BCUT2D eigenvalue weighted by Crippen LogP contribution is 2.36. The van der Waals surface area contributed by atoms with Gasteiger partial charge in [-0.1, -0.05) is 0 Å². The van der Waals surface area contributed by atoms with Crippen LogP contribution < -0.4 is 5.32 Å². The van der Waals surface area contributed by atoms with Crippen molar-refractivity contribution in [3.8, 4) is 0 Å². The van der Waals surface area contributed by atoms with Crippen LogP contribution in [0.1, 0.15) is 30.4 Å². The van der Waals surface area contributed by atoms with E-state index in [0.717, 1.165) is 37.8 Å². The average molecular weight is 363 g/mol. The van der Waals surface area contributed by atoms with Crippen LogP contribution in [0.2, 0.25) is 0 Å². The van der Waals surface area contributed by atoms with E-state index in [-0.39, 0.29) is 18.1 Å². The predicted molar refractivity (Wildman–Crippen MR) is 96.0 cm³/mol. The lowest BCUT2D eigenvalue weighted by atomic mass is 10.1. The Morgan fingerprint density at radius 2 is 1.96 bits per heavy atom. The molecule has 26 heavy (non-hydrogen) atoms. The number of carbonyl (C=O) groups is 1. The summed E-state index contributed by atoms with van der Waals surface area (Å²) >= 11 is 0. The summed E-state index contributed by atoms with van der Waals surface area (Å²) < 4.78 is 17.0. The summed E-state index contributed by atoms with van der Waals surface area (Å²) in [6.07, 6.45) is 2.42. The Morgan fingerprint density at radius 3 is 2.65 bits per heavy atom. The molecule has 2 saturated heterocycles. The van der Waals surface area contributed by atoms with Crippen LogP contribution >= 0.6 is 0 Å². The van der Waals surface area contributed by atoms with Crippen LogP contribution in [0.25, 0.3) is 0 Å². The molecule has 7 nitrogen and oxygen atoms in total. The van der Waals surface area contributed by atoms with E-state index in [2.05, 4.69) is 10.2 Å². The number of rotatable bonds is 5. The maximum atomic E-state index is 12.8. The molecule has 0 radical (unpaired) electrons. The van der Waals surface area contributed by atoms with E-state index < -0.39 is 0 Å². The third-order valence-corrected chi connectivity index (χ3v) is 5.62. The molecule has 1 N–H and O–H groups in total. The maximum Gasteiger partial charge on any atom is 0.317 e. The van der Waals surface area contributed by atoms with Crippen molar-refractivity contribution in [2.45, 2.75) is 31.8 Å². The largest absolute Gasteiger partial charge is 0.465 e. The fourth-order valence-electron chi connectivity index (χ4n) is 3.96. The van der Waals surface area contributed by atoms with Crippen LogP contribution in [0.3, 0.4) is 0 Å². The van der Waals surface area contributed by atoms with Crippen molar-refractivity contribution in [1.29, 1.82) is 0 Å². The number of nitrogens with zero attached hydrogens (tertiary/aromatic N) is 2. The Kier molecular flexibility index (Phi) is 5.47. The number of hydrogen-bond acceptors (Lipinski definition) is 5. The Bertz CT molecular complexity index is 610. The Morgan fingerprint density at radius 1 is 1.19 bits per heavy atom. The van der Waals surface area contributed by atoms with Gasteiger partial charge in [-0.05, 0) is 37.8 Å². The maximum absolute atomic E-state index is 12.8. The van der Waals surface area contributed by atoms with Crippen molar-refractivity contribution < 1.29 is 18.7 Å². The predicted octanol–water partition coefficient (Wildman–Crippen LogP) is 1.78. The molecule has 7 heteroatoms. The SMILES string of the molecule is Cc1ccc(C(CNC(=O)N2CCOCC2C2CC2)N2CCOCC2)o1. The molecule has 3 aliphatic rings. The second-order valence-corrected chi connectivity index (χ2v) is 7.47. The summed E-state index contributed by atoms with van der Waals surface area (Å²) in [6.45, 7) is 7.60. The zero-order valence-corrected chi connectivity index (χ0v) is 15.5. The van der Waals surface area contributed by atoms with Crippen LogP contribution in [-0.4, -0.2) is 74.5 Å². The van der Waals surface area contributed by atoms with E-state index in [1.54, 1.807) is 0 Å². The Hall–Kier alpha value is -1.57. The van der Waals surface area contributed by atoms with Gasteiger partial charge in [-0.2, -0.15) is 0 Å². The number of urea groups is 1. The summed E-state index contributed by atoms with van der Waals surface area (Å²) in [7, 11) is 0. The lowest BCUT2D eigenvalue weighted by molar-refractivity contribution is 0.00114. The number of hydrogen-bond donors (Lipinski definition) is 1. The molecule has 2 amide bonds. The average Bonchev–Trinajstić information content (AvgIpc) is 3.44. The van der Waals surface area contributed by atoms with E-state index >= 15 is 0 Å². The van der Waals surface area contributed by atoms with Crippen LogP contribution in [0.4, 0.5) is 4.79 Å². The van der Waals surface area contributed by atoms with Gasteiger partial charge in [-0.25, -0.2) is 4.79 Å². The van der Waals surface area contributed by atoms with Gasteiger partial charge in [0.2, 0.25) is 0 Å².